The summed E-state index contributed by atoms with van der Waals surface area (Å²) in [7, 11) is 1.76. The molecule has 0 fully saturated rings. The Morgan fingerprint density at radius 3 is 2.23 bits per heavy atom. The molecule has 3 heterocycles. The van der Waals surface area contributed by atoms with Gasteiger partial charge in [-0.1, -0.05) is 44.2 Å². The number of aromatic hydroxyl groups is 1. The van der Waals surface area contributed by atoms with Crippen LogP contribution in [0.2, 0.25) is 0 Å². The van der Waals surface area contributed by atoms with Crippen molar-refractivity contribution in [3.63, 3.8) is 0 Å². The Bertz CT molecular complexity index is 1770. The van der Waals surface area contributed by atoms with Gasteiger partial charge >= 0.3 is 0 Å². The number of aromatic nitrogens is 5. The molecule has 204 valence electrons. The molecule has 5 rings (SSSR count). The molecular formula is C31H29F2N5O2. The highest BCUT2D eigenvalue weighted by Gasteiger charge is 2.23. The summed E-state index contributed by atoms with van der Waals surface area (Å²) in [6.07, 6.45) is 3.05. The van der Waals surface area contributed by atoms with Crippen LogP contribution < -0.4 is 5.56 Å². The Labute approximate surface area is 230 Å². The summed E-state index contributed by atoms with van der Waals surface area (Å²) in [6.45, 7) is 5.64. The molecule has 3 aromatic heterocycles. The van der Waals surface area contributed by atoms with Gasteiger partial charge in [0.25, 0.3) is 5.56 Å². The summed E-state index contributed by atoms with van der Waals surface area (Å²) in [6, 6.07) is 14.9. The van der Waals surface area contributed by atoms with Crippen LogP contribution >= 0.6 is 0 Å². The average molecular weight is 542 g/mol. The van der Waals surface area contributed by atoms with Crippen LogP contribution in [0.15, 0.2) is 65.6 Å². The van der Waals surface area contributed by atoms with Gasteiger partial charge in [-0.05, 0) is 60.7 Å². The molecule has 0 atom stereocenters. The largest absolute Gasteiger partial charge is 0.493 e. The van der Waals surface area contributed by atoms with Gasteiger partial charge in [0.15, 0.2) is 5.82 Å². The van der Waals surface area contributed by atoms with E-state index in [1.54, 1.807) is 43.0 Å². The predicted octanol–water partition coefficient (Wildman–Crippen LogP) is 5.70. The number of halogens is 2. The van der Waals surface area contributed by atoms with Gasteiger partial charge in [-0.3, -0.25) is 14.0 Å². The smallest absolute Gasteiger partial charge is 0.265 e. The zero-order valence-electron chi connectivity index (χ0n) is 22.7. The van der Waals surface area contributed by atoms with E-state index in [9.17, 15) is 14.3 Å². The highest BCUT2D eigenvalue weighted by Crippen LogP contribution is 2.30. The van der Waals surface area contributed by atoms with E-state index in [-0.39, 0.29) is 23.4 Å². The van der Waals surface area contributed by atoms with Gasteiger partial charge in [-0.15, -0.1) is 0 Å². The molecule has 2 aromatic carbocycles. The molecule has 0 spiro atoms. The van der Waals surface area contributed by atoms with Crippen molar-refractivity contribution in [2.45, 2.75) is 40.0 Å². The Morgan fingerprint density at radius 2 is 1.62 bits per heavy atom. The van der Waals surface area contributed by atoms with E-state index in [2.05, 4.69) is 15.1 Å². The molecule has 7 nitrogen and oxygen atoms in total. The number of hydrogen-bond acceptors (Lipinski definition) is 5. The summed E-state index contributed by atoms with van der Waals surface area (Å²) < 4.78 is 31.8. The molecule has 0 amide bonds. The Balaban J connectivity index is 1.67. The minimum Gasteiger partial charge on any atom is -0.493 e. The summed E-state index contributed by atoms with van der Waals surface area (Å²) >= 11 is 0. The highest BCUT2D eigenvalue weighted by molar-refractivity contribution is 5.67. The summed E-state index contributed by atoms with van der Waals surface area (Å²) in [5.41, 5.74) is 4.23. The lowest BCUT2D eigenvalue weighted by atomic mass is 9.99. The second-order valence-corrected chi connectivity index (χ2v) is 9.64. The van der Waals surface area contributed by atoms with Crippen LogP contribution in [-0.2, 0) is 26.3 Å². The first kappa shape index (κ1) is 26.9. The average Bonchev–Trinajstić information content (AvgIpc) is 3.37. The van der Waals surface area contributed by atoms with E-state index in [4.69, 9.17) is 0 Å². The van der Waals surface area contributed by atoms with Gasteiger partial charge < -0.3 is 5.11 Å². The van der Waals surface area contributed by atoms with Crippen molar-refractivity contribution in [1.29, 1.82) is 0 Å². The van der Waals surface area contributed by atoms with E-state index in [0.29, 0.717) is 41.0 Å². The zero-order valence-corrected chi connectivity index (χ0v) is 22.7. The standard InChI is InChI=1S/C31H29F2N5O2/c1-5-20-8-7-9-21(6-2)28(20)38-29(26-14-15-37(4)36-26)35-30(39)24(31(38)40)16-19-10-11-23(25(32)17-19)22-12-13-27(33)34-18(22)3/h7-15,17,39H,5-6,16H2,1-4H3. The fraction of sp³-hybridized carbons (Fsp3) is 0.226. The molecular weight excluding hydrogens is 512 g/mol. The molecule has 1 N–H and O–H groups in total. The summed E-state index contributed by atoms with van der Waals surface area (Å²) in [4.78, 5) is 22.4. The second kappa shape index (κ2) is 10.8. The number of hydrogen-bond donors (Lipinski definition) is 1. The van der Waals surface area contributed by atoms with Crippen LogP contribution in [0.1, 0.15) is 41.8 Å². The molecule has 40 heavy (non-hydrogen) atoms. The van der Waals surface area contributed by atoms with E-state index >= 15 is 4.39 Å². The third-order valence-corrected chi connectivity index (χ3v) is 7.04. The second-order valence-electron chi connectivity index (χ2n) is 9.64. The lowest BCUT2D eigenvalue weighted by Gasteiger charge is -2.19. The quantitative estimate of drug-likeness (QED) is 0.267. The SMILES string of the molecule is CCc1cccc(CC)c1-n1c(-c2ccn(C)n2)nc(O)c(Cc2ccc(-c3ccc(F)nc3C)c(F)c2)c1=O. The van der Waals surface area contributed by atoms with E-state index in [0.717, 1.165) is 11.1 Å². The number of nitrogens with zero attached hydrogens (tertiary/aromatic N) is 5. The normalized spacial score (nSPS) is 11.2. The first-order valence-corrected chi connectivity index (χ1v) is 13.1. The van der Waals surface area contributed by atoms with Gasteiger partial charge in [0, 0.05) is 36.5 Å². The molecule has 0 radical (unpaired) electrons. The molecule has 0 aliphatic heterocycles. The third kappa shape index (κ3) is 4.90. The third-order valence-electron chi connectivity index (χ3n) is 7.04. The van der Waals surface area contributed by atoms with E-state index in [1.807, 2.05) is 32.0 Å². The monoisotopic (exact) mass is 541 g/mol. The van der Waals surface area contributed by atoms with Crippen molar-refractivity contribution < 1.29 is 13.9 Å². The predicted molar refractivity (Wildman–Crippen MR) is 150 cm³/mol. The van der Waals surface area contributed by atoms with Crippen LogP contribution in [0.3, 0.4) is 0 Å². The topological polar surface area (TPSA) is 85.8 Å². The minimum absolute atomic E-state index is 0.0411. The first-order chi connectivity index (χ1) is 19.2. The van der Waals surface area contributed by atoms with Crippen molar-refractivity contribution >= 4 is 0 Å². The molecule has 0 unspecified atom stereocenters. The van der Waals surface area contributed by atoms with Gasteiger partial charge in [0.2, 0.25) is 11.8 Å². The lowest BCUT2D eigenvalue weighted by Crippen LogP contribution is -2.27. The van der Waals surface area contributed by atoms with Gasteiger partial charge in [-0.2, -0.15) is 14.5 Å². The van der Waals surface area contributed by atoms with Crippen LogP contribution in [0, 0.1) is 18.7 Å². The van der Waals surface area contributed by atoms with Gasteiger partial charge in [-0.25, -0.2) is 9.37 Å². The van der Waals surface area contributed by atoms with Crippen molar-refractivity contribution in [2.75, 3.05) is 0 Å². The maximum atomic E-state index is 15.3. The van der Waals surface area contributed by atoms with E-state index in [1.165, 1.54) is 22.8 Å². The maximum Gasteiger partial charge on any atom is 0.265 e. The molecule has 0 bridgehead atoms. The fourth-order valence-electron chi connectivity index (χ4n) is 5.02. The summed E-state index contributed by atoms with van der Waals surface area (Å²) in [5.74, 6) is -1.39. The van der Waals surface area contributed by atoms with E-state index < -0.39 is 23.2 Å². The molecule has 0 saturated carbocycles. The van der Waals surface area contributed by atoms with Gasteiger partial charge in [0.1, 0.15) is 11.5 Å². The fourth-order valence-corrected chi connectivity index (χ4v) is 5.02. The summed E-state index contributed by atoms with van der Waals surface area (Å²) in [5, 5.41) is 15.4. The Morgan fingerprint density at radius 1 is 0.925 bits per heavy atom. The van der Waals surface area contributed by atoms with Crippen LogP contribution in [0.4, 0.5) is 8.78 Å². The van der Waals surface area contributed by atoms with Crippen molar-refractivity contribution in [1.82, 2.24) is 24.3 Å². The number of aryl methyl sites for hydroxylation is 4. The zero-order chi connectivity index (χ0) is 28.6. The maximum absolute atomic E-state index is 15.3. The number of rotatable bonds is 7. The van der Waals surface area contributed by atoms with Crippen molar-refractivity contribution in [2.24, 2.45) is 7.05 Å². The molecule has 0 aliphatic rings. The van der Waals surface area contributed by atoms with Crippen LogP contribution in [0.5, 0.6) is 5.88 Å². The number of pyridine rings is 1. The molecule has 0 aliphatic carbocycles. The minimum atomic E-state index is -0.637. The van der Waals surface area contributed by atoms with Crippen LogP contribution in [-0.4, -0.2) is 29.4 Å². The molecule has 9 heteroatoms. The van der Waals surface area contributed by atoms with Crippen LogP contribution in [0.25, 0.3) is 28.3 Å². The number of benzene rings is 2. The number of para-hydroxylation sites is 1. The highest BCUT2D eigenvalue weighted by atomic mass is 19.1. The first-order valence-electron chi connectivity index (χ1n) is 13.1. The van der Waals surface area contributed by atoms with Crippen molar-refractivity contribution in [3.8, 4) is 34.2 Å². The molecule has 5 aromatic rings. The van der Waals surface area contributed by atoms with Crippen molar-refractivity contribution in [3.05, 3.63) is 111 Å². The Kier molecular flexibility index (Phi) is 7.30. The molecule has 0 saturated heterocycles. The van der Waals surface area contributed by atoms with Gasteiger partial charge in [0.05, 0.1) is 11.3 Å². The lowest BCUT2D eigenvalue weighted by molar-refractivity contribution is 0.443. The Hall–Kier alpha value is -4.66.